The molecule has 0 N–H and O–H groups in total. The van der Waals surface area contributed by atoms with Crippen molar-refractivity contribution in [1.29, 1.82) is 10.5 Å². The third kappa shape index (κ3) is 14.9. The Morgan fingerprint density at radius 1 is 0.300 bits per heavy atom. The normalized spacial score (nSPS) is 9.85. The van der Waals surface area contributed by atoms with Crippen LogP contribution >= 0.6 is 0 Å². The molecule has 8 aromatic rings. The minimum absolute atomic E-state index is 0.166. The third-order valence-electron chi connectivity index (χ3n) is 11.8. The van der Waals surface area contributed by atoms with Gasteiger partial charge in [0.1, 0.15) is 49.7 Å². The number of nitriles is 2. The lowest BCUT2D eigenvalue weighted by atomic mass is 9.93. The summed E-state index contributed by atoms with van der Waals surface area (Å²) in [5.41, 5.74) is 6.62. The average molecular weight is 1050 g/mol. The van der Waals surface area contributed by atoms with Crippen LogP contribution in [0.4, 0.5) is 0 Å². The highest BCUT2D eigenvalue weighted by Crippen LogP contribution is 2.32. The van der Waals surface area contributed by atoms with Crippen LogP contribution < -0.4 is 0 Å². The molecule has 0 saturated carbocycles. The summed E-state index contributed by atoms with van der Waals surface area (Å²) in [5.74, 6) is -3.34. The maximum atomic E-state index is 13.0. The number of nitrogens with zero attached hydrogens (tertiary/aromatic N) is 4. The van der Waals surface area contributed by atoms with Crippen molar-refractivity contribution >= 4 is 46.2 Å². The molecule has 0 radical (unpaired) electrons. The second-order valence-electron chi connectivity index (χ2n) is 16.9. The summed E-state index contributed by atoms with van der Waals surface area (Å²) >= 11 is 0. The SMILES string of the molecule is [C-]#[N+]C(C(=O)OCCOC(=O)C(C#N)=C(c1ccccc1)c1ccccc1)=C(c1ccccc1)c1ccccc1.[C-]#[N+]C(C(=O)OCCOC(=O)C(C#N)=C(c1ccccc1)c1ccccc1)=C(c1ccccc1)c1ccccc1. The lowest BCUT2D eigenvalue weighted by Gasteiger charge is -2.13. The van der Waals surface area contributed by atoms with Crippen molar-refractivity contribution in [3.63, 3.8) is 0 Å². The maximum absolute atomic E-state index is 13.0. The standard InChI is InChI=1S/2C34H24N2O4/c2*1-36-32(31(27-18-10-4-11-19-27)28-20-12-5-13-21-28)34(38)40-23-22-39-33(37)29(24-35)30(25-14-6-2-7-15-25)26-16-8-3-9-17-26/h2*2-21H,22-23H2. The summed E-state index contributed by atoms with van der Waals surface area (Å²) in [7, 11) is 0. The number of benzene rings is 8. The highest BCUT2D eigenvalue weighted by Gasteiger charge is 2.25. The van der Waals surface area contributed by atoms with E-state index < -0.39 is 23.9 Å². The highest BCUT2D eigenvalue weighted by atomic mass is 16.6. The molecule has 0 unspecified atom stereocenters. The molecule has 80 heavy (non-hydrogen) atoms. The summed E-state index contributed by atoms with van der Waals surface area (Å²) in [6.45, 7) is 14.2. The molecule has 12 nitrogen and oxygen atoms in total. The van der Waals surface area contributed by atoms with Crippen LogP contribution in [0.5, 0.6) is 0 Å². The van der Waals surface area contributed by atoms with Gasteiger partial charge in [-0.1, -0.05) is 243 Å². The van der Waals surface area contributed by atoms with Gasteiger partial charge in [0.15, 0.2) is 0 Å². The fraction of sp³-hybridized carbons (Fsp3) is 0.0588. The van der Waals surface area contributed by atoms with Crippen LogP contribution in [0.25, 0.3) is 32.0 Å². The van der Waals surface area contributed by atoms with Crippen molar-refractivity contribution in [3.05, 3.63) is 333 Å². The van der Waals surface area contributed by atoms with Crippen molar-refractivity contribution in [1.82, 2.24) is 0 Å². The number of rotatable bonds is 18. The fourth-order valence-corrected chi connectivity index (χ4v) is 8.26. The van der Waals surface area contributed by atoms with E-state index in [2.05, 4.69) is 9.69 Å². The lowest BCUT2D eigenvalue weighted by Crippen LogP contribution is -2.17. The molecule has 0 aromatic heterocycles. The predicted octanol–water partition coefficient (Wildman–Crippen LogP) is 13.0. The van der Waals surface area contributed by atoms with Crippen molar-refractivity contribution in [3.8, 4) is 12.1 Å². The minimum atomic E-state index is -0.837. The van der Waals surface area contributed by atoms with Crippen LogP contribution in [0.3, 0.4) is 0 Å². The molecule has 388 valence electrons. The molecule has 8 aromatic carbocycles. The van der Waals surface area contributed by atoms with E-state index >= 15 is 0 Å². The largest absolute Gasteiger partial charge is 0.467 e. The van der Waals surface area contributed by atoms with E-state index in [4.69, 9.17) is 32.1 Å². The van der Waals surface area contributed by atoms with E-state index in [-0.39, 0.29) is 49.0 Å². The summed E-state index contributed by atoms with van der Waals surface area (Å²) in [6, 6.07) is 76.9. The van der Waals surface area contributed by atoms with Gasteiger partial charge in [0, 0.05) is 22.3 Å². The van der Waals surface area contributed by atoms with Crippen molar-refractivity contribution in [2.75, 3.05) is 26.4 Å². The summed E-state index contributed by atoms with van der Waals surface area (Å²) in [4.78, 5) is 58.9. The van der Waals surface area contributed by atoms with Gasteiger partial charge in [-0.05, 0) is 44.5 Å². The minimum Gasteiger partial charge on any atom is -0.467 e. The first-order valence-electron chi connectivity index (χ1n) is 24.9. The third-order valence-corrected chi connectivity index (χ3v) is 11.8. The number of esters is 4. The van der Waals surface area contributed by atoms with Crippen LogP contribution in [-0.4, -0.2) is 50.3 Å². The van der Waals surface area contributed by atoms with Crippen molar-refractivity contribution < 1.29 is 38.1 Å². The smallest absolute Gasteiger partial charge is 0.349 e. The Kier molecular flexibility index (Phi) is 20.8. The fourth-order valence-electron chi connectivity index (χ4n) is 8.26. The van der Waals surface area contributed by atoms with Crippen molar-refractivity contribution in [2.45, 2.75) is 0 Å². The van der Waals surface area contributed by atoms with Crippen LogP contribution in [0.15, 0.2) is 265 Å². The number of carbonyl (C=O) groups excluding carboxylic acids is 4. The molecule has 0 fully saturated rings. The number of ether oxygens (including phenoxy) is 4. The Morgan fingerprint density at radius 3 is 0.650 bits per heavy atom. The Labute approximate surface area is 463 Å². The Balaban J connectivity index is 0.000000231. The van der Waals surface area contributed by atoms with Crippen LogP contribution in [0.2, 0.25) is 0 Å². The molecular formula is C68H48N4O8. The van der Waals surface area contributed by atoms with E-state index in [1.807, 2.05) is 255 Å². The number of hydrogen-bond donors (Lipinski definition) is 0. The molecule has 0 aliphatic carbocycles. The lowest BCUT2D eigenvalue weighted by molar-refractivity contribution is -0.146. The second kappa shape index (κ2) is 29.6. The summed E-state index contributed by atoms with van der Waals surface area (Å²) in [5, 5.41) is 19.8. The zero-order valence-electron chi connectivity index (χ0n) is 43.0. The number of hydrogen-bond acceptors (Lipinski definition) is 10. The van der Waals surface area contributed by atoms with E-state index in [1.54, 1.807) is 0 Å². The molecule has 0 atom stereocenters. The molecule has 0 spiro atoms. The molecule has 0 bridgehead atoms. The number of carbonyl (C=O) groups is 4. The van der Waals surface area contributed by atoms with Gasteiger partial charge in [0.25, 0.3) is 11.4 Å². The quantitative estimate of drug-likeness (QED) is 0.0202. The van der Waals surface area contributed by atoms with E-state index in [9.17, 15) is 29.7 Å². The van der Waals surface area contributed by atoms with Gasteiger partial charge in [-0.25, -0.2) is 19.3 Å². The van der Waals surface area contributed by atoms with Gasteiger partial charge >= 0.3 is 23.9 Å². The van der Waals surface area contributed by atoms with E-state index in [0.717, 1.165) is 0 Å². The molecule has 0 aliphatic heterocycles. The highest BCUT2D eigenvalue weighted by molar-refractivity contribution is 6.07. The summed E-state index contributed by atoms with van der Waals surface area (Å²) < 4.78 is 21.3. The Morgan fingerprint density at radius 2 is 0.475 bits per heavy atom. The van der Waals surface area contributed by atoms with Gasteiger partial charge in [-0.2, -0.15) is 10.5 Å². The molecule has 12 heteroatoms. The summed E-state index contributed by atoms with van der Waals surface area (Å²) in [6.07, 6.45) is 0. The van der Waals surface area contributed by atoms with Crippen LogP contribution in [0.1, 0.15) is 44.5 Å². The predicted molar refractivity (Wildman–Crippen MR) is 304 cm³/mol. The first-order chi connectivity index (χ1) is 39.3. The topological polar surface area (TPSA) is 162 Å². The van der Waals surface area contributed by atoms with Crippen LogP contribution in [-0.2, 0) is 38.1 Å². The van der Waals surface area contributed by atoms with E-state index in [0.29, 0.717) is 66.8 Å². The maximum Gasteiger partial charge on any atom is 0.349 e. The second-order valence-corrected chi connectivity index (χ2v) is 16.9. The zero-order chi connectivity index (χ0) is 56.3. The molecule has 8 rings (SSSR count). The van der Waals surface area contributed by atoms with Gasteiger partial charge in [0.05, 0.1) is 13.1 Å². The molecule has 0 aliphatic rings. The zero-order valence-corrected chi connectivity index (χ0v) is 43.0. The monoisotopic (exact) mass is 1050 g/mol. The molecule has 0 amide bonds. The van der Waals surface area contributed by atoms with Gasteiger partial charge in [-0.15, -0.1) is 0 Å². The average Bonchev–Trinajstić information content (AvgIpc) is 3.52. The Bertz CT molecular complexity index is 3060. The van der Waals surface area contributed by atoms with Gasteiger partial charge in [-0.3, -0.25) is 9.59 Å². The first kappa shape index (κ1) is 56.3. The molecule has 0 heterocycles. The van der Waals surface area contributed by atoms with Crippen LogP contribution in [0, 0.1) is 35.8 Å². The van der Waals surface area contributed by atoms with Gasteiger partial charge < -0.3 is 18.9 Å². The first-order valence-corrected chi connectivity index (χ1v) is 24.9. The van der Waals surface area contributed by atoms with Crippen molar-refractivity contribution in [2.24, 2.45) is 0 Å². The van der Waals surface area contributed by atoms with Gasteiger partial charge in [0.2, 0.25) is 0 Å². The molecular weight excluding hydrogens is 1000 g/mol. The molecule has 0 saturated heterocycles. The van der Waals surface area contributed by atoms with E-state index in [1.165, 1.54) is 0 Å². The Hall–Kier alpha value is -11.4.